The van der Waals surface area contributed by atoms with Crippen molar-refractivity contribution in [2.24, 2.45) is 11.8 Å². The Bertz CT molecular complexity index is 1100. The lowest BCUT2D eigenvalue weighted by molar-refractivity contribution is -0.146. The summed E-state index contributed by atoms with van der Waals surface area (Å²) in [7, 11) is 0. The second kappa shape index (κ2) is 8.10. The Morgan fingerprint density at radius 2 is 1.77 bits per heavy atom. The molecule has 1 aromatic heterocycles. The van der Waals surface area contributed by atoms with E-state index in [2.05, 4.69) is 0 Å². The highest BCUT2D eigenvalue weighted by Gasteiger charge is 2.35. The summed E-state index contributed by atoms with van der Waals surface area (Å²) in [6.45, 7) is 1.31. The van der Waals surface area contributed by atoms with Gasteiger partial charge in [0.1, 0.15) is 17.1 Å². The average molecular weight is 419 g/mol. The number of likely N-dealkylation sites (tertiary alicyclic amines) is 1. The summed E-state index contributed by atoms with van der Waals surface area (Å²) < 4.78 is 12.0. The molecule has 0 bridgehead atoms. The van der Waals surface area contributed by atoms with Gasteiger partial charge in [-0.25, -0.2) is 0 Å². The molecule has 0 atom stereocenters. The van der Waals surface area contributed by atoms with E-state index in [1.807, 2.05) is 36.4 Å². The van der Waals surface area contributed by atoms with Crippen molar-refractivity contribution in [1.29, 1.82) is 0 Å². The lowest BCUT2D eigenvalue weighted by Gasteiger charge is -2.36. The van der Waals surface area contributed by atoms with Crippen molar-refractivity contribution in [1.82, 2.24) is 4.90 Å². The number of carboxylic acids is 1. The van der Waals surface area contributed by atoms with E-state index in [1.165, 1.54) is 25.7 Å². The van der Waals surface area contributed by atoms with Gasteiger partial charge >= 0.3 is 5.97 Å². The quantitative estimate of drug-likeness (QED) is 0.619. The molecule has 2 fully saturated rings. The number of furan rings is 1. The Balaban J connectivity index is 1.26. The van der Waals surface area contributed by atoms with Crippen LogP contribution in [0.4, 0.5) is 0 Å². The SMILES string of the molecule is O=C(O)C1CN(C(=O)c2ccc(-c3cc4cc(OCC5CCCC5)ccc4o3)cc2)C1. The molecule has 3 aromatic rings. The maximum atomic E-state index is 12.5. The monoisotopic (exact) mass is 419 g/mol. The molecule has 2 aromatic carbocycles. The predicted molar refractivity (Wildman–Crippen MR) is 116 cm³/mol. The van der Waals surface area contributed by atoms with Gasteiger partial charge in [0, 0.05) is 29.6 Å². The molecule has 1 aliphatic carbocycles. The number of amides is 1. The molecule has 5 rings (SSSR count). The topological polar surface area (TPSA) is 80.0 Å². The molecule has 6 nitrogen and oxygen atoms in total. The number of carbonyl (C=O) groups is 2. The van der Waals surface area contributed by atoms with E-state index in [0.29, 0.717) is 11.5 Å². The van der Waals surface area contributed by atoms with Crippen molar-refractivity contribution in [3.63, 3.8) is 0 Å². The van der Waals surface area contributed by atoms with E-state index in [-0.39, 0.29) is 19.0 Å². The van der Waals surface area contributed by atoms with E-state index in [0.717, 1.165) is 34.6 Å². The Labute approximate surface area is 180 Å². The minimum Gasteiger partial charge on any atom is -0.493 e. The molecule has 31 heavy (non-hydrogen) atoms. The molecular weight excluding hydrogens is 394 g/mol. The number of fused-ring (bicyclic) bond motifs is 1. The molecular formula is C25H25NO5. The molecule has 1 amide bonds. The summed E-state index contributed by atoms with van der Waals surface area (Å²) in [6.07, 6.45) is 5.13. The van der Waals surface area contributed by atoms with Crippen LogP contribution in [-0.2, 0) is 4.79 Å². The van der Waals surface area contributed by atoms with Crippen LogP contribution in [0.25, 0.3) is 22.3 Å². The van der Waals surface area contributed by atoms with Gasteiger partial charge in [-0.3, -0.25) is 9.59 Å². The van der Waals surface area contributed by atoms with E-state index in [1.54, 1.807) is 17.0 Å². The highest BCUT2D eigenvalue weighted by atomic mass is 16.5. The molecule has 0 radical (unpaired) electrons. The number of hydrogen-bond acceptors (Lipinski definition) is 4. The number of rotatable bonds is 6. The fraction of sp³-hybridized carbons (Fsp3) is 0.360. The number of hydrogen-bond donors (Lipinski definition) is 1. The normalized spacial score (nSPS) is 17.1. The summed E-state index contributed by atoms with van der Waals surface area (Å²) in [5.74, 6) is 0.821. The van der Waals surface area contributed by atoms with Crippen LogP contribution in [-0.4, -0.2) is 41.6 Å². The number of benzene rings is 2. The second-order valence-corrected chi connectivity index (χ2v) is 8.59. The summed E-state index contributed by atoms with van der Waals surface area (Å²) >= 11 is 0. The van der Waals surface area contributed by atoms with Gasteiger partial charge in [0.05, 0.1) is 12.5 Å². The lowest BCUT2D eigenvalue weighted by atomic mass is 9.99. The van der Waals surface area contributed by atoms with Crippen molar-refractivity contribution in [2.45, 2.75) is 25.7 Å². The van der Waals surface area contributed by atoms with Crippen molar-refractivity contribution in [3.8, 4) is 17.1 Å². The Morgan fingerprint density at radius 3 is 2.48 bits per heavy atom. The highest BCUT2D eigenvalue weighted by Crippen LogP contribution is 2.32. The van der Waals surface area contributed by atoms with Crippen LogP contribution in [0.5, 0.6) is 5.75 Å². The molecule has 0 spiro atoms. The molecule has 2 heterocycles. The van der Waals surface area contributed by atoms with E-state index in [4.69, 9.17) is 14.3 Å². The van der Waals surface area contributed by atoms with Crippen LogP contribution in [0.15, 0.2) is 52.9 Å². The third-order valence-electron chi connectivity index (χ3n) is 6.38. The fourth-order valence-electron chi connectivity index (χ4n) is 4.40. The molecule has 1 aliphatic heterocycles. The maximum absolute atomic E-state index is 12.5. The Hall–Kier alpha value is -3.28. The van der Waals surface area contributed by atoms with E-state index in [9.17, 15) is 9.59 Å². The van der Waals surface area contributed by atoms with Crippen molar-refractivity contribution >= 4 is 22.8 Å². The molecule has 160 valence electrons. The number of carbonyl (C=O) groups excluding carboxylic acids is 1. The highest BCUT2D eigenvalue weighted by molar-refractivity contribution is 5.96. The molecule has 1 N–H and O–H groups in total. The van der Waals surface area contributed by atoms with Crippen LogP contribution < -0.4 is 4.74 Å². The van der Waals surface area contributed by atoms with Crippen LogP contribution in [0.1, 0.15) is 36.0 Å². The largest absolute Gasteiger partial charge is 0.493 e. The number of ether oxygens (including phenoxy) is 1. The molecule has 0 unspecified atom stereocenters. The first-order valence-electron chi connectivity index (χ1n) is 10.9. The third-order valence-corrected chi connectivity index (χ3v) is 6.38. The first-order valence-corrected chi connectivity index (χ1v) is 10.9. The number of aliphatic carboxylic acids is 1. The van der Waals surface area contributed by atoms with E-state index < -0.39 is 11.9 Å². The van der Waals surface area contributed by atoms with Crippen molar-refractivity contribution in [2.75, 3.05) is 19.7 Å². The lowest BCUT2D eigenvalue weighted by Crippen LogP contribution is -2.53. The third kappa shape index (κ3) is 4.02. The molecule has 1 saturated heterocycles. The summed E-state index contributed by atoms with van der Waals surface area (Å²) in [6, 6.07) is 15.1. The first-order chi connectivity index (χ1) is 15.1. The van der Waals surface area contributed by atoms with Gasteiger partial charge < -0.3 is 19.2 Å². The van der Waals surface area contributed by atoms with Gasteiger partial charge in [0.2, 0.25) is 0 Å². The van der Waals surface area contributed by atoms with Crippen molar-refractivity contribution in [3.05, 3.63) is 54.1 Å². The molecule has 2 aliphatic rings. The number of carboxylic acid groups (broad SMARTS) is 1. The summed E-state index contributed by atoms with van der Waals surface area (Å²) in [4.78, 5) is 25.0. The van der Waals surface area contributed by atoms with Crippen LogP contribution in [0.3, 0.4) is 0 Å². The molecule has 1 saturated carbocycles. The minimum absolute atomic E-state index is 0.141. The van der Waals surface area contributed by atoms with Gasteiger partial charge in [-0.05, 0) is 55.2 Å². The van der Waals surface area contributed by atoms with Gasteiger partial charge in [0.25, 0.3) is 5.91 Å². The van der Waals surface area contributed by atoms with Gasteiger partial charge in [-0.15, -0.1) is 0 Å². The molecule has 6 heteroatoms. The van der Waals surface area contributed by atoms with Crippen LogP contribution in [0.2, 0.25) is 0 Å². The second-order valence-electron chi connectivity index (χ2n) is 8.59. The summed E-state index contributed by atoms with van der Waals surface area (Å²) in [5.41, 5.74) is 2.23. The zero-order valence-electron chi connectivity index (χ0n) is 17.3. The summed E-state index contributed by atoms with van der Waals surface area (Å²) in [5, 5.41) is 9.95. The van der Waals surface area contributed by atoms with Crippen molar-refractivity contribution < 1.29 is 23.8 Å². The zero-order chi connectivity index (χ0) is 21.4. The van der Waals surface area contributed by atoms with Gasteiger partial charge in [-0.2, -0.15) is 0 Å². The fourth-order valence-corrected chi connectivity index (χ4v) is 4.40. The van der Waals surface area contributed by atoms with Crippen LogP contribution >= 0.6 is 0 Å². The van der Waals surface area contributed by atoms with Gasteiger partial charge in [-0.1, -0.05) is 25.0 Å². The maximum Gasteiger partial charge on any atom is 0.310 e. The van der Waals surface area contributed by atoms with E-state index >= 15 is 0 Å². The Kier molecular flexibility index (Phi) is 5.14. The standard InChI is InChI=1S/C25H25NO5/c27-24(26-13-20(14-26)25(28)29)18-7-5-17(6-8-18)23-12-19-11-21(9-10-22(19)31-23)30-15-16-3-1-2-4-16/h5-12,16,20H,1-4,13-15H2,(H,28,29). The minimum atomic E-state index is -0.851. The Morgan fingerprint density at radius 1 is 1.03 bits per heavy atom. The smallest absolute Gasteiger partial charge is 0.310 e. The number of nitrogens with zero attached hydrogens (tertiary/aromatic N) is 1. The predicted octanol–water partition coefficient (Wildman–Crippen LogP) is 4.83. The zero-order valence-corrected chi connectivity index (χ0v) is 17.3. The van der Waals surface area contributed by atoms with Crippen LogP contribution in [0, 0.1) is 11.8 Å². The first kappa shape index (κ1) is 19.7. The average Bonchev–Trinajstić information content (AvgIpc) is 3.40. The van der Waals surface area contributed by atoms with Gasteiger partial charge in [0.15, 0.2) is 0 Å².